The minimum absolute atomic E-state index is 0. The molecule has 0 aromatic heterocycles. The lowest BCUT2D eigenvalue weighted by Gasteiger charge is -2.13. The number of hydrogen-bond donors (Lipinski definition) is 2. The van der Waals surface area contributed by atoms with E-state index in [1.807, 2.05) is 19.1 Å². The van der Waals surface area contributed by atoms with E-state index in [2.05, 4.69) is 23.3 Å². The Hall–Kier alpha value is -1.22. The van der Waals surface area contributed by atoms with E-state index in [-0.39, 0.29) is 24.0 Å². The highest BCUT2D eigenvalue weighted by Gasteiger charge is 2.08. The molecule has 1 rings (SSSR count). The van der Waals surface area contributed by atoms with E-state index < -0.39 is 0 Å². The highest BCUT2D eigenvalue weighted by Crippen LogP contribution is 2.28. The normalized spacial score (nSPS) is 12.2. The summed E-state index contributed by atoms with van der Waals surface area (Å²) in [6.45, 7) is 7.09. The maximum Gasteiger partial charge on any atom is 0.188 e. The standard InChI is InChI=1S/C18H31N3O3.HI/c1-5-24-10-6-9-20-18(19)21-13-14(2)11-15-7-8-16(22-3)17(12-15)23-4;/h7-8,12,14H,5-6,9-11,13H2,1-4H3,(H3,19,20,21);1H. The van der Waals surface area contributed by atoms with E-state index in [1.54, 1.807) is 14.2 Å². The lowest BCUT2D eigenvalue weighted by Crippen LogP contribution is -2.33. The summed E-state index contributed by atoms with van der Waals surface area (Å²) < 4.78 is 15.9. The fourth-order valence-corrected chi connectivity index (χ4v) is 2.32. The van der Waals surface area contributed by atoms with Gasteiger partial charge in [0.1, 0.15) is 0 Å². The summed E-state index contributed by atoms with van der Waals surface area (Å²) in [4.78, 5) is 4.40. The van der Waals surface area contributed by atoms with Gasteiger partial charge in [-0.2, -0.15) is 0 Å². The van der Waals surface area contributed by atoms with Crippen molar-refractivity contribution in [2.24, 2.45) is 16.6 Å². The predicted molar refractivity (Wildman–Crippen MR) is 113 cm³/mol. The molecular weight excluding hydrogens is 433 g/mol. The number of benzene rings is 1. The van der Waals surface area contributed by atoms with E-state index in [9.17, 15) is 0 Å². The molecule has 144 valence electrons. The van der Waals surface area contributed by atoms with Gasteiger partial charge in [0.25, 0.3) is 0 Å². The number of nitrogens with zero attached hydrogens (tertiary/aromatic N) is 1. The second kappa shape index (κ2) is 14.0. The van der Waals surface area contributed by atoms with Crippen molar-refractivity contribution >= 4 is 29.9 Å². The molecule has 1 aromatic carbocycles. The van der Waals surface area contributed by atoms with E-state index in [1.165, 1.54) is 5.56 Å². The number of nitrogens with one attached hydrogen (secondary N) is 1. The van der Waals surface area contributed by atoms with Crippen molar-refractivity contribution < 1.29 is 14.2 Å². The molecular formula is C18H32IN3O3. The zero-order valence-electron chi connectivity index (χ0n) is 15.7. The van der Waals surface area contributed by atoms with Crippen LogP contribution in [-0.2, 0) is 11.2 Å². The first kappa shape index (κ1) is 23.8. The third-order valence-electron chi connectivity index (χ3n) is 3.58. The number of hydrogen-bond acceptors (Lipinski definition) is 4. The zero-order valence-corrected chi connectivity index (χ0v) is 18.0. The van der Waals surface area contributed by atoms with Crippen molar-refractivity contribution in [2.45, 2.75) is 26.7 Å². The van der Waals surface area contributed by atoms with Gasteiger partial charge in [0.05, 0.1) is 14.2 Å². The second-order valence-electron chi connectivity index (χ2n) is 5.70. The van der Waals surface area contributed by atoms with Crippen molar-refractivity contribution in [3.63, 3.8) is 0 Å². The number of methoxy groups -OCH3 is 2. The third kappa shape index (κ3) is 9.74. The molecule has 1 atom stereocenters. The molecule has 3 N–H and O–H groups in total. The van der Waals surface area contributed by atoms with E-state index in [4.69, 9.17) is 19.9 Å². The minimum Gasteiger partial charge on any atom is -0.493 e. The third-order valence-corrected chi connectivity index (χ3v) is 3.58. The van der Waals surface area contributed by atoms with Crippen molar-refractivity contribution in [1.29, 1.82) is 0 Å². The zero-order chi connectivity index (χ0) is 17.8. The highest BCUT2D eigenvalue weighted by molar-refractivity contribution is 14.0. The van der Waals surface area contributed by atoms with Gasteiger partial charge in [-0.3, -0.25) is 4.99 Å². The Kier molecular flexibility index (Phi) is 13.3. The Morgan fingerprint density at radius 3 is 2.60 bits per heavy atom. The fourth-order valence-electron chi connectivity index (χ4n) is 2.32. The van der Waals surface area contributed by atoms with Gasteiger partial charge in [0, 0.05) is 26.3 Å². The molecule has 0 aliphatic rings. The van der Waals surface area contributed by atoms with Crippen LogP contribution in [0.5, 0.6) is 11.5 Å². The summed E-state index contributed by atoms with van der Waals surface area (Å²) in [5, 5.41) is 3.11. The van der Waals surface area contributed by atoms with Gasteiger partial charge in [0.2, 0.25) is 0 Å². The molecule has 0 bridgehead atoms. The summed E-state index contributed by atoms with van der Waals surface area (Å²) in [6.07, 6.45) is 1.83. The molecule has 1 unspecified atom stereocenters. The number of halogens is 1. The van der Waals surface area contributed by atoms with Crippen LogP contribution in [0.25, 0.3) is 0 Å². The van der Waals surface area contributed by atoms with Crippen molar-refractivity contribution in [3.8, 4) is 11.5 Å². The van der Waals surface area contributed by atoms with Crippen LogP contribution in [0.15, 0.2) is 23.2 Å². The topological polar surface area (TPSA) is 78.1 Å². The molecule has 6 nitrogen and oxygen atoms in total. The molecule has 0 fully saturated rings. The Labute approximate surface area is 168 Å². The van der Waals surface area contributed by atoms with E-state index in [0.717, 1.165) is 44.1 Å². The summed E-state index contributed by atoms with van der Waals surface area (Å²) >= 11 is 0. The molecule has 0 spiro atoms. The van der Waals surface area contributed by atoms with Crippen LogP contribution < -0.4 is 20.5 Å². The summed E-state index contributed by atoms with van der Waals surface area (Å²) in [5.74, 6) is 2.37. The van der Waals surface area contributed by atoms with Gasteiger partial charge < -0.3 is 25.3 Å². The fraction of sp³-hybridized carbons (Fsp3) is 0.611. The Morgan fingerprint density at radius 1 is 1.24 bits per heavy atom. The van der Waals surface area contributed by atoms with E-state index >= 15 is 0 Å². The van der Waals surface area contributed by atoms with Gasteiger partial charge >= 0.3 is 0 Å². The summed E-state index contributed by atoms with van der Waals surface area (Å²) in [5.41, 5.74) is 7.07. The lowest BCUT2D eigenvalue weighted by molar-refractivity contribution is 0.145. The number of nitrogens with two attached hydrogens (primary N) is 1. The van der Waals surface area contributed by atoms with E-state index in [0.29, 0.717) is 18.4 Å². The average molecular weight is 465 g/mol. The molecule has 0 aliphatic carbocycles. The molecule has 0 aliphatic heterocycles. The van der Waals surface area contributed by atoms with Crippen molar-refractivity contribution in [1.82, 2.24) is 5.32 Å². The number of guanidine groups is 1. The van der Waals surface area contributed by atoms with Crippen molar-refractivity contribution in [3.05, 3.63) is 23.8 Å². The molecule has 0 saturated carbocycles. The van der Waals surface area contributed by atoms with Crippen LogP contribution in [0.1, 0.15) is 25.8 Å². The average Bonchev–Trinajstić information content (AvgIpc) is 2.59. The SMILES string of the molecule is CCOCCCNC(N)=NCC(C)Cc1ccc(OC)c(OC)c1.I. The van der Waals surface area contributed by atoms with Crippen molar-refractivity contribution in [2.75, 3.05) is 40.5 Å². The number of ether oxygens (including phenoxy) is 3. The second-order valence-corrected chi connectivity index (χ2v) is 5.70. The molecule has 0 saturated heterocycles. The Balaban J connectivity index is 0.00000576. The molecule has 0 radical (unpaired) electrons. The molecule has 0 amide bonds. The Morgan fingerprint density at radius 2 is 1.96 bits per heavy atom. The van der Waals surface area contributed by atoms with Crippen LogP contribution in [0.4, 0.5) is 0 Å². The first-order valence-electron chi connectivity index (χ1n) is 8.43. The Bertz CT molecular complexity index is 512. The van der Waals surface area contributed by atoms with Gasteiger partial charge in [-0.15, -0.1) is 24.0 Å². The molecule has 0 heterocycles. The molecule has 1 aromatic rings. The molecule has 7 heteroatoms. The molecule has 25 heavy (non-hydrogen) atoms. The van der Waals surface area contributed by atoms with Crippen LogP contribution in [0.3, 0.4) is 0 Å². The summed E-state index contributed by atoms with van der Waals surface area (Å²) in [6, 6.07) is 5.99. The maximum atomic E-state index is 5.88. The predicted octanol–water partition coefficient (Wildman–Crippen LogP) is 2.83. The largest absolute Gasteiger partial charge is 0.493 e. The van der Waals surface area contributed by atoms with Crippen LogP contribution in [0, 0.1) is 5.92 Å². The first-order chi connectivity index (χ1) is 11.6. The highest BCUT2D eigenvalue weighted by atomic mass is 127. The van der Waals surface area contributed by atoms with Crippen LogP contribution in [0.2, 0.25) is 0 Å². The van der Waals surface area contributed by atoms with Gasteiger partial charge in [-0.05, 0) is 43.4 Å². The van der Waals surface area contributed by atoms with Crippen LogP contribution in [-0.4, -0.2) is 46.5 Å². The number of rotatable bonds is 11. The smallest absolute Gasteiger partial charge is 0.188 e. The number of aliphatic imine (C=N–C) groups is 1. The lowest BCUT2D eigenvalue weighted by atomic mass is 10.0. The van der Waals surface area contributed by atoms with Crippen LogP contribution >= 0.6 is 24.0 Å². The van der Waals surface area contributed by atoms with Gasteiger partial charge in [-0.1, -0.05) is 13.0 Å². The quantitative estimate of drug-likeness (QED) is 0.228. The van der Waals surface area contributed by atoms with Gasteiger partial charge in [0.15, 0.2) is 17.5 Å². The van der Waals surface area contributed by atoms with Gasteiger partial charge in [-0.25, -0.2) is 0 Å². The minimum atomic E-state index is 0. The first-order valence-corrected chi connectivity index (χ1v) is 8.43. The monoisotopic (exact) mass is 465 g/mol. The summed E-state index contributed by atoms with van der Waals surface area (Å²) in [7, 11) is 3.28. The maximum absolute atomic E-state index is 5.88.